The Morgan fingerprint density at radius 1 is 1.19 bits per heavy atom. The number of rotatable bonds is 4. The van der Waals surface area contributed by atoms with E-state index in [4.69, 9.17) is 5.11 Å². The van der Waals surface area contributed by atoms with E-state index in [1.54, 1.807) is 6.07 Å². The van der Waals surface area contributed by atoms with Crippen molar-refractivity contribution >= 4 is 33.5 Å². The minimum Gasteiger partial charge on any atom is -0.478 e. The molecule has 2 N–H and O–H groups in total. The highest BCUT2D eigenvalue weighted by atomic mass is 79.9. The van der Waals surface area contributed by atoms with Crippen LogP contribution in [0.4, 0.5) is 5.69 Å². The van der Waals surface area contributed by atoms with Gasteiger partial charge >= 0.3 is 5.97 Å². The molecule has 2 rings (SSSR count). The predicted molar refractivity (Wildman–Crippen MR) is 84.6 cm³/mol. The molecule has 0 aliphatic carbocycles. The van der Waals surface area contributed by atoms with E-state index in [2.05, 4.69) is 21.2 Å². The number of nitrogens with one attached hydrogen (secondary N) is 1. The third-order valence-corrected chi connectivity index (χ3v) is 3.59. The molecule has 5 heteroatoms. The van der Waals surface area contributed by atoms with Crippen LogP contribution in [0.1, 0.15) is 21.5 Å². The highest BCUT2D eigenvalue weighted by molar-refractivity contribution is 9.10. The lowest BCUT2D eigenvalue weighted by atomic mass is 10.1. The molecule has 0 unspecified atom stereocenters. The van der Waals surface area contributed by atoms with Crippen LogP contribution in [-0.4, -0.2) is 17.0 Å². The summed E-state index contributed by atoms with van der Waals surface area (Å²) in [5.74, 6) is -1.15. The quantitative estimate of drug-likeness (QED) is 0.887. The molecule has 0 saturated heterocycles. The highest BCUT2D eigenvalue weighted by Crippen LogP contribution is 2.24. The van der Waals surface area contributed by atoms with Crippen molar-refractivity contribution in [2.75, 3.05) is 5.32 Å². The molecular formula is C16H14BrNO3. The summed E-state index contributed by atoms with van der Waals surface area (Å²) in [6, 6.07) is 12.2. The maximum atomic E-state index is 12.0. The van der Waals surface area contributed by atoms with Gasteiger partial charge in [-0.15, -0.1) is 0 Å². The summed E-state index contributed by atoms with van der Waals surface area (Å²) in [5, 5.41) is 11.7. The van der Waals surface area contributed by atoms with E-state index in [0.29, 0.717) is 10.2 Å². The van der Waals surface area contributed by atoms with Gasteiger partial charge < -0.3 is 10.4 Å². The smallest absolute Gasteiger partial charge is 0.335 e. The van der Waals surface area contributed by atoms with Crippen molar-refractivity contribution in [1.29, 1.82) is 0 Å². The largest absolute Gasteiger partial charge is 0.478 e. The summed E-state index contributed by atoms with van der Waals surface area (Å²) in [5.41, 5.74) is 2.76. The van der Waals surface area contributed by atoms with Crippen LogP contribution in [0.2, 0.25) is 0 Å². The van der Waals surface area contributed by atoms with Gasteiger partial charge in [0.05, 0.1) is 17.7 Å². The molecule has 21 heavy (non-hydrogen) atoms. The number of benzene rings is 2. The average molecular weight is 348 g/mol. The number of halogens is 1. The molecule has 108 valence electrons. The van der Waals surface area contributed by atoms with Crippen LogP contribution in [0.5, 0.6) is 0 Å². The summed E-state index contributed by atoms with van der Waals surface area (Å²) >= 11 is 3.26. The fourth-order valence-electron chi connectivity index (χ4n) is 1.95. The van der Waals surface area contributed by atoms with Crippen LogP contribution in [0.15, 0.2) is 46.9 Å². The van der Waals surface area contributed by atoms with Gasteiger partial charge in [0.25, 0.3) is 0 Å². The van der Waals surface area contributed by atoms with Crippen LogP contribution in [-0.2, 0) is 11.2 Å². The van der Waals surface area contributed by atoms with Crippen LogP contribution in [0.3, 0.4) is 0 Å². The summed E-state index contributed by atoms with van der Waals surface area (Å²) in [7, 11) is 0. The lowest BCUT2D eigenvalue weighted by Gasteiger charge is -2.08. The minimum absolute atomic E-state index is 0.149. The highest BCUT2D eigenvalue weighted by Gasteiger charge is 2.10. The molecule has 0 saturated carbocycles. The number of carboxylic acid groups (broad SMARTS) is 1. The molecule has 2 aromatic carbocycles. The fourth-order valence-corrected chi connectivity index (χ4v) is 2.43. The Balaban J connectivity index is 2.08. The standard InChI is InChI=1S/C16H14BrNO3/c1-10-3-2-4-11(7-10)8-15(19)18-14-6-5-12(16(20)21)9-13(14)17/h2-7,9H,8H2,1H3,(H,18,19)(H,20,21). The van der Waals surface area contributed by atoms with Gasteiger partial charge in [-0.3, -0.25) is 4.79 Å². The van der Waals surface area contributed by atoms with Crippen molar-refractivity contribution < 1.29 is 14.7 Å². The molecule has 0 atom stereocenters. The zero-order valence-electron chi connectivity index (χ0n) is 11.4. The van der Waals surface area contributed by atoms with Crippen LogP contribution >= 0.6 is 15.9 Å². The molecule has 4 nitrogen and oxygen atoms in total. The van der Waals surface area contributed by atoms with Gasteiger partial charge in [-0.1, -0.05) is 29.8 Å². The third kappa shape index (κ3) is 4.16. The molecular weight excluding hydrogens is 334 g/mol. The van der Waals surface area contributed by atoms with Crippen LogP contribution < -0.4 is 5.32 Å². The number of hydrogen-bond acceptors (Lipinski definition) is 2. The van der Waals surface area contributed by atoms with E-state index < -0.39 is 5.97 Å². The second kappa shape index (κ2) is 6.54. The van der Waals surface area contributed by atoms with Crippen molar-refractivity contribution in [3.8, 4) is 0 Å². The molecule has 0 bridgehead atoms. The number of anilines is 1. The van der Waals surface area contributed by atoms with Crippen LogP contribution in [0, 0.1) is 6.92 Å². The summed E-state index contributed by atoms with van der Waals surface area (Å²) < 4.78 is 0.542. The Labute approximate surface area is 130 Å². The number of carbonyl (C=O) groups is 2. The average Bonchev–Trinajstić information content (AvgIpc) is 2.40. The van der Waals surface area contributed by atoms with Gasteiger partial charge in [-0.05, 0) is 46.6 Å². The van der Waals surface area contributed by atoms with E-state index in [9.17, 15) is 9.59 Å². The van der Waals surface area contributed by atoms with Crippen molar-refractivity contribution in [3.63, 3.8) is 0 Å². The second-order valence-corrected chi connectivity index (χ2v) is 5.57. The number of amides is 1. The first-order valence-corrected chi connectivity index (χ1v) is 7.13. The van der Waals surface area contributed by atoms with Gasteiger partial charge in [0.2, 0.25) is 5.91 Å². The predicted octanol–water partition coefficient (Wildman–Crippen LogP) is 3.64. The van der Waals surface area contributed by atoms with Crippen molar-refractivity contribution in [2.24, 2.45) is 0 Å². The second-order valence-electron chi connectivity index (χ2n) is 4.71. The third-order valence-electron chi connectivity index (χ3n) is 2.94. The first-order chi connectivity index (χ1) is 9.95. The number of carboxylic acids is 1. The minimum atomic E-state index is -1.01. The molecule has 1 amide bonds. The molecule has 0 radical (unpaired) electrons. The zero-order valence-corrected chi connectivity index (χ0v) is 13.0. The Morgan fingerprint density at radius 2 is 1.95 bits per heavy atom. The summed E-state index contributed by atoms with van der Waals surface area (Å²) in [4.78, 5) is 22.9. The van der Waals surface area contributed by atoms with Crippen molar-refractivity contribution in [2.45, 2.75) is 13.3 Å². The Bertz CT molecular complexity index is 698. The zero-order chi connectivity index (χ0) is 15.4. The van der Waals surface area contributed by atoms with E-state index in [0.717, 1.165) is 11.1 Å². The summed E-state index contributed by atoms with van der Waals surface area (Å²) in [6.07, 6.45) is 0.273. The first kappa shape index (κ1) is 15.3. The van der Waals surface area contributed by atoms with Crippen molar-refractivity contribution in [3.05, 3.63) is 63.6 Å². The number of carbonyl (C=O) groups excluding carboxylic acids is 1. The molecule has 0 aromatic heterocycles. The van der Waals surface area contributed by atoms with E-state index in [1.807, 2.05) is 31.2 Å². The van der Waals surface area contributed by atoms with Gasteiger partial charge in [0.15, 0.2) is 0 Å². The van der Waals surface area contributed by atoms with Gasteiger partial charge in [-0.25, -0.2) is 4.79 Å². The molecule has 2 aromatic rings. The Morgan fingerprint density at radius 3 is 2.57 bits per heavy atom. The number of hydrogen-bond donors (Lipinski definition) is 2. The van der Waals surface area contributed by atoms with E-state index in [-0.39, 0.29) is 17.9 Å². The fraction of sp³-hybridized carbons (Fsp3) is 0.125. The van der Waals surface area contributed by atoms with Gasteiger partial charge in [0, 0.05) is 4.47 Å². The maximum absolute atomic E-state index is 12.0. The van der Waals surface area contributed by atoms with E-state index >= 15 is 0 Å². The van der Waals surface area contributed by atoms with Gasteiger partial charge in [-0.2, -0.15) is 0 Å². The molecule has 0 spiro atoms. The number of aryl methyl sites for hydroxylation is 1. The molecule has 0 fully saturated rings. The molecule has 0 aliphatic rings. The van der Waals surface area contributed by atoms with Gasteiger partial charge in [0.1, 0.15) is 0 Å². The Kier molecular flexibility index (Phi) is 4.75. The first-order valence-electron chi connectivity index (χ1n) is 6.34. The monoisotopic (exact) mass is 347 g/mol. The Hall–Kier alpha value is -2.14. The number of aromatic carboxylic acids is 1. The van der Waals surface area contributed by atoms with E-state index in [1.165, 1.54) is 12.1 Å². The summed E-state index contributed by atoms with van der Waals surface area (Å²) in [6.45, 7) is 1.97. The van der Waals surface area contributed by atoms with Crippen LogP contribution in [0.25, 0.3) is 0 Å². The normalized spacial score (nSPS) is 10.2. The topological polar surface area (TPSA) is 66.4 Å². The lowest BCUT2D eigenvalue weighted by Crippen LogP contribution is -2.15. The van der Waals surface area contributed by atoms with Crippen molar-refractivity contribution in [1.82, 2.24) is 0 Å². The molecule has 0 heterocycles. The SMILES string of the molecule is Cc1cccc(CC(=O)Nc2ccc(C(=O)O)cc2Br)c1. The lowest BCUT2D eigenvalue weighted by molar-refractivity contribution is -0.115. The molecule has 0 aliphatic heterocycles. The maximum Gasteiger partial charge on any atom is 0.335 e.